The lowest BCUT2D eigenvalue weighted by molar-refractivity contribution is -0.144. The van der Waals surface area contributed by atoms with E-state index in [0.717, 1.165) is 12.8 Å². The van der Waals surface area contributed by atoms with Crippen LogP contribution in [-0.2, 0) is 18.9 Å². The molecular weight excluding hydrogens is 273 g/mol. The molecular formula is C13H24BN3O4. The summed E-state index contributed by atoms with van der Waals surface area (Å²) in [6, 6.07) is 0. The minimum absolute atomic E-state index is 0.0226. The van der Waals surface area contributed by atoms with E-state index in [4.69, 9.17) is 20.8 Å². The van der Waals surface area contributed by atoms with Gasteiger partial charge in [-0.3, -0.25) is 9.59 Å². The van der Waals surface area contributed by atoms with E-state index in [2.05, 4.69) is 0 Å². The van der Waals surface area contributed by atoms with Gasteiger partial charge in [0.15, 0.2) is 0 Å². The molecule has 2 aliphatic rings. The molecule has 0 saturated carbocycles. The summed E-state index contributed by atoms with van der Waals surface area (Å²) in [6.45, 7) is 4.35. The van der Waals surface area contributed by atoms with E-state index < -0.39 is 18.6 Å². The quantitative estimate of drug-likeness (QED) is 0.670. The van der Waals surface area contributed by atoms with E-state index in [1.165, 1.54) is 0 Å². The molecule has 8 heteroatoms. The maximum atomic E-state index is 12.4. The molecule has 0 aromatic rings. The monoisotopic (exact) mass is 297 g/mol. The number of fused-ring (bicyclic) bond motifs is 1. The second kappa shape index (κ2) is 6.33. The first-order chi connectivity index (χ1) is 9.86. The summed E-state index contributed by atoms with van der Waals surface area (Å²) in [5.41, 5.74) is 10.5. The Morgan fingerprint density at radius 2 is 2.33 bits per heavy atom. The van der Waals surface area contributed by atoms with Crippen LogP contribution in [0.15, 0.2) is 0 Å². The largest absolute Gasteiger partial charge is 0.527 e. The molecule has 7 nitrogen and oxygen atoms in total. The predicted octanol–water partition coefficient (Wildman–Crippen LogP) is -0.649. The van der Waals surface area contributed by atoms with Crippen LogP contribution in [0.3, 0.4) is 0 Å². The smallest absolute Gasteiger partial charge is 0.508 e. The van der Waals surface area contributed by atoms with E-state index in [-0.39, 0.29) is 31.0 Å². The molecule has 21 heavy (non-hydrogen) atoms. The van der Waals surface area contributed by atoms with Gasteiger partial charge in [-0.2, -0.15) is 0 Å². The molecule has 0 radical (unpaired) electrons. The zero-order chi connectivity index (χ0) is 15.6. The Balaban J connectivity index is 2.11. The average Bonchev–Trinajstić information content (AvgIpc) is 2.74. The third kappa shape index (κ3) is 3.38. The van der Waals surface area contributed by atoms with Crippen molar-refractivity contribution in [1.82, 2.24) is 4.90 Å². The van der Waals surface area contributed by atoms with Crippen LogP contribution in [0.4, 0.5) is 0 Å². The first-order valence-electron chi connectivity index (χ1n) is 7.50. The highest BCUT2D eigenvalue weighted by molar-refractivity contribution is 6.47. The predicted molar refractivity (Wildman–Crippen MR) is 78.2 cm³/mol. The summed E-state index contributed by atoms with van der Waals surface area (Å²) in [5, 5.41) is 0. The van der Waals surface area contributed by atoms with Gasteiger partial charge in [-0.15, -0.1) is 0 Å². The molecule has 2 saturated heterocycles. The number of rotatable bonds is 3. The molecule has 0 spiro atoms. The molecule has 2 heterocycles. The van der Waals surface area contributed by atoms with Crippen LogP contribution < -0.4 is 11.5 Å². The number of hydrogen-bond donors (Lipinski definition) is 2. The van der Waals surface area contributed by atoms with Crippen molar-refractivity contribution in [3.05, 3.63) is 0 Å². The Labute approximate surface area is 125 Å². The summed E-state index contributed by atoms with van der Waals surface area (Å²) < 4.78 is 11.0. The minimum Gasteiger partial charge on any atom is -0.508 e. The third-order valence-electron chi connectivity index (χ3n) is 4.18. The summed E-state index contributed by atoms with van der Waals surface area (Å²) >= 11 is 0. The summed E-state index contributed by atoms with van der Waals surface area (Å²) in [6.07, 6.45) is 2.25. The summed E-state index contributed by atoms with van der Waals surface area (Å²) in [5.74, 6) is -0.750. The standard InChI is InChI=1S/C13H24BN3O4/c1-9(2)20-14-5-3-4-10-7-17(11(18)6-15)8-13(10,16)12(19)21-14/h9-10H,3-8,15-16H2,1-2H3. The van der Waals surface area contributed by atoms with Crippen molar-refractivity contribution < 1.29 is 18.9 Å². The van der Waals surface area contributed by atoms with E-state index in [1.54, 1.807) is 4.90 Å². The topological polar surface area (TPSA) is 108 Å². The Bertz CT molecular complexity index is 420. The zero-order valence-electron chi connectivity index (χ0n) is 12.7. The van der Waals surface area contributed by atoms with Crippen molar-refractivity contribution in [2.75, 3.05) is 19.6 Å². The lowest BCUT2D eigenvalue weighted by Crippen LogP contribution is -2.58. The van der Waals surface area contributed by atoms with Crippen molar-refractivity contribution in [3.63, 3.8) is 0 Å². The Kier molecular flexibility index (Phi) is 4.90. The molecule has 2 aliphatic heterocycles. The van der Waals surface area contributed by atoms with Gasteiger partial charge in [0.1, 0.15) is 5.54 Å². The summed E-state index contributed by atoms with van der Waals surface area (Å²) in [7, 11) is -0.557. The van der Waals surface area contributed by atoms with Crippen LogP contribution in [-0.4, -0.2) is 55.2 Å². The van der Waals surface area contributed by atoms with Gasteiger partial charge in [0.25, 0.3) is 0 Å². The van der Waals surface area contributed by atoms with Gasteiger partial charge in [0.05, 0.1) is 6.54 Å². The van der Waals surface area contributed by atoms with Crippen LogP contribution >= 0.6 is 0 Å². The third-order valence-corrected chi connectivity index (χ3v) is 4.18. The van der Waals surface area contributed by atoms with E-state index in [9.17, 15) is 9.59 Å². The van der Waals surface area contributed by atoms with Gasteiger partial charge in [0, 0.05) is 25.1 Å². The van der Waals surface area contributed by atoms with Crippen LogP contribution in [0.2, 0.25) is 6.32 Å². The van der Waals surface area contributed by atoms with Gasteiger partial charge in [-0.25, -0.2) is 0 Å². The van der Waals surface area contributed by atoms with E-state index in [1.807, 2.05) is 13.8 Å². The molecule has 1 amide bonds. The lowest BCUT2D eigenvalue weighted by atomic mass is 9.74. The van der Waals surface area contributed by atoms with Crippen molar-refractivity contribution in [3.8, 4) is 0 Å². The number of nitrogens with two attached hydrogens (primary N) is 2. The minimum atomic E-state index is -1.15. The highest BCUT2D eigenvalue weighted by Gasteiger charge is 2.53. The Morgan fingerprint density at radius 3 is 2.95 bits per heavy atom. The molecule has 2 rings (SSSR count). The van der Waals surface area contributed by atoms with E-state index in [0.29, 0.717) is 12.9 Å². The van der Waals surface area contributed by atoms with Crippen molar-refractivity contribution in [1.29, 1.82) is 0 Å². The van der Waals surface area contributed by atoms with Gasteiger partial charge in [-0.05, 0) is 26.6 Å². The molecule has 4 N–H and O–H groups in total. The Morgan fingerprint density at radius 1 is 1.62 bits per heavy atom. The maximum Gasteiger partial charge on any atom is 0.527 e. The fourth-order valence-electron chi connectivity index (χ4n) is 3.06. The molecule has 0 bridgehead atoms. The van der Waals surface area contributed by atoms with Gasteiger partial charge < -0.3 is 25.7 Å². The molecule has 118 valence electrons. The van der Waals surface area contributed by atoms with Crippen molar-refractivity contribution in [2.24, 2.45) is 17.4 Å². The number of carbonyl (C=O) groups is 2. The van der Waals surface area contributed by atoms with E-state index >= 15 is 0 Å². The number of hydrogen-bond acceptors (Lipinski definition) is 6. The van der Waals surface area contributed by atoms with Crippen LogP contribution in [0.1, 0.15) is 26.7 Å². The van der Waals surface area contributed by atoms with Crippen molar-refractivity contribution >= 4 is 19.0 Å². The normalized spacial score (nSPS) is 30.0. The zero-order valence-corrected chi connectivity index (χ0v) is 12.7. The fourth-order valence-corrected chi connectivity index (χ4v) is 3.06. The fraction of sp³-hybridized carbons (Fsp3) is 0.846. The molecule has 0 aliphatic carbocycles. The van der Waals surface area contributed by atoms with Gasteiger partial charge in [-0.1, -0.05) is 6.42 Å². The van der Waals surface area contributed by atoms with Crippen LogP contribution in [0, 0.1) is 5.92 Å². The molecule has 2 fully saturated rings. The highest BCUT2D eigenvalue weighted by atomic mass is 16.6. The number of carbonyl (C=O) groups excluding carboxylic acids is 2. The average molecular weight is 297 g/mol. The molecule has 0 aromatic carbocycles. The van der Waals surface area contributed by atoms with Crippen molar-refractivity contribution in [2.45, 2.75) is 44.7 Å². The SMILES string of the molecule is CC(C)OB1CCCC2CN(C(=O)CN)CC2(N)C(=O)O1. The molecule has 2 atom stereocenters. The second-order valence-electron chi connectivity index (χ2n) is 6.17. The first kappa shape index (κ1) is 16.3. The van der Waals surface area contributed by atoms with Crippen LogP contribution in [0.25, 0.3) is 0 Å². The highest BCUT2D eigenvalue weighted by Crippen LogP contribution is 2.33. The van der Waals surface area contributed by atoms with Crippen LogP contribution in [0.5, 0.6) is 0 Å². The maximum absolute atomic E-state index is 12.4. The number of amides is 1. The van der Waals surface area contributed by atoms with Gasteiger partial charge in [0.2, 0.25) is 5.91 Å². The number of likely N-dealkylation sites (tertiary alicyclic amines) is 1. The molecule has 0 aromatic heterocycles. The summed E-state index contributed by atoms with van der Waals surface area (Å²) in [4.78, 5) is 25.7. The lowest BCUT2D eigenvalue weighted by Gasteiger charge is -2.32. The number of nitrogens with zero attached hydrogens (tertiary/aromatic N) is 1. The second-order valence-corrected chi connectivity index (χ2v) is 6.17. The Hall–Kier alpha value is -1.12. The first-order valence-corrected chi connectivity index (χ1v) is 7.50. The molecule has 2 unspecified atom stereocenters. The van der Waals surface area contributed by atoms with Gasteiger partial charge >= 0.3 is 13.1 Å².